The number of pyridine rings is 1. The number of hydrogen-bond donors (Lipinski definition) is 0. The van der Waals surface area contributed by atoms with Crippen LogP contribution in [0.3, 0.4) is 0 Å². The van der Waals surface area contributed by atoms with Crippen LogP contribution >= 0.6 is 34.5 Å². The highest BCUT2D eigenvalue weighted by molar-refractivity contribution is 7.20. The molecule has 0 amide bonds. The summed E-state index contributed by atoms with van der Waals surface area (Å²) >= 11 is 12.8. The fourth-order valence-corrected chi connectivity index (χ4v) is 3.32. The van der Waals surface area contributed by atoms with Crippen molar-refractivity contribution in [2.45, 2.75) is 6.54 Å². The van der Waals surface area contributed by atoms with Crippen molar-refractivity contribution in [1.29, 1.82) is 0 Å². The van der Waals surface area contributed by atoms with E-state index >= 15 is 0 Å². The smallest absolute Gasteiger partial charge is 0.292 e. The summed E-state index contributed by atoms with van der Waals surface area (Å²) in [5.41, 5.74) is 0.428. The van der Waals surface area contributed by atoms with Gasteiger partial charge in [-0.15, -0.1) is 16.4 Å². The minimum atomic E-state index is -0.369. The topological polar surface area (TPSA) is 56.4 Å². The zero-order valence-corrected chi connectivity index (χ0v) is 12.2. The van der Waals surface area contributed by atoms with Gasteiger partial charge in [0.15, 0.2) is 11.4 Å². The van der Waals surface area contributed by atoms with Gasteiger partial charge in [0.1, 0.15) is 10.9 Å². The Morgan fingerprint density at radius 1 is 1.35 bits per heavy atom. The van der Waals surface area contributed by atoms with Gasteiger partial charge in [-0.25, -0.2) is 9.48 Å². The van der Waals surface area contributed by atoms with E-state index in [0.717, 1.165) is 16.0 Å². The second-order valence-corrected chi connectivity index (χ2v) is 6.32. The molecule has 0 bridgehead atoms. The third kappa shape index (κ3) is 2.26. The van der Waals surface area contributed by atoms with Gasteiger partial charge in [0, 0.05) is 6.20 Å². The van der Waals surface area contributed by atoms with Crippen LogP contribution in [0.15, 0.2) is 35.3 Å². The number of Topliss-reactive ketones (excluding diaryl/α,β-unsaturated/α-hetero) is 1. The van der Waals surface area contributed by atoms with Gasteiger partial charge in [0.2, 0.25) is 0 Å². The average molecular weight is 328 g/mol. The molecule has 5 nitrogen and oxygen atoms in total. The van der Waals surface area contributed by atoms with Crippen molar-refractivity contribution >= 4 is 46.0 Å². The first-order valence-corrected chi connectivity index (χ1v) is 7.16. The summed E-state index contributed by atoms with van der Waals surface area (Å²) in [7, 11) is 0. The lowest BCUT2D eigenvalue weighted by atomic mass is 10.2. The molecule has 3 heterocycles. The van der Waals surface area contributed by atoms with Gasteiger partial charge in [0.05, 0.1) is 9.90 Å². The molecule has 0 N–H and O–H groups in total. The molecule has 0 atom stereocenters. The average Bonchev–Trinajstić information content (AvgIpc) is 2.91. The van der Waals surface area contributed by atoms with Gasteiger partial charge in [0.25, 0.3) is 0 Å². The first-order valence-electron chi connectivity index (χ1n) is 5.58. The van der Waals surface area contributed by atoms with Gasteiger partial charge in [-0.3, -0.25) is 9.20 Å². The van der Waals surface area contributed by atoms with Crippen LogP contribution in [0.4, 0.5) is 0 Å². The Morgan fingerprint density at radius 3 is 2.80 bits per heavy atom. The number of thiophene rings is 1. The summed E-state index contributed by atoms with van der Waals surface area (Å²) in [6.45, 7) is -0.173. The summed E-state index contributed by atoms with van der Waals surface area (Å²) in [5, 5.41) is 4.09. The fourth-order valence-electron chi connectivity index (χ4n) is 1.82. The second-order valence-electron chi connectivity index (χ2n) is 4.03. The van der Waals surface area contributed by atoms with Crippen LogP contribution in [0.2, 0.25) is 8.67 Å². The van der Waals surface area contributed by atoms with Crippen LogP contribution in [0.1, 0.15) is 10.4 Å². The van der Waals surface area contributed by atoms with E-state index in [1.165, 1.54) is 10.5 Å². The minimum Gasteiger partial charge on any atom is -0.292 e. The van der Waals surface area contributed by atoms with Crippen LogP contribution in [0, 0.1) is 0 Å². The zero-order chi connectivity index (χ0) is 14.3. The number of halogens is 2. The largest absolute Gasteiger partial charge is 0.350 e. The fraction of sp³-hybridized carbons (Fsp3) is 0.0833. The van der Waals surface area contributed by atoms with Crippen molar-refractivity contribution in [3.05, 3.63) is 55.2 Å². The van der Waals surface area contributed by atoms with Crippen molar-refractivity contribution in [3.8, 4) is 0 Å². The van der Waals surface area contributed by atoms with E-state index in [4.69, 9.17) is 23.2 Å². The SMILES string of the molecule is O=C(Cn1nc2ccccn2c1=O)c1cc(Cl)sc1Cl. The predicted octanol–water partition coefficient (Wildman–Crippen LogP) is 2.75. The number of ketones is 1. The number of carbonyl (C=O) groups is 1. The van der Waals surface area contributed by atoms with Gasteiger partial charge < -0.3 is 0 Å². The molecule has 8 heteroatoms. The van der Waals surface area contributed by atoms with Gasteiger partial charge in [-0.05, 0) is 18.2 Å². The van der Waals surface area contributed by atoms with Crippen LogP contribution in [0.5, 0.6) is 0 Å². The summed E-state index contributed by atoms with van der Waals surface area (Å²) in [6, 6.07) is 6.68. The number of nitrogens with zero attached hydrogens (tertiary/aromatic N) is 3. The molecule has 0 aliphatic rings. The van der Waals surface area contributed by atoms with Crippen molar-refractivity contribution < 1.29 is 4.79 Å². The van der Waals surface area contributed by atoms with E-state index in [2.05, 4.69) is 5.10 Å². The molecule has 0 unspecified atom stereocenters. The van der Waals surface area contributed by atoms with Crippen molar-refractivity contribution in [2.24, 2.45) is 0 Å². The lowest BCUT2D eigenvalue weighted by Crippen LogP contribution is -2.25. The molecule has 0 spiro atoms. The highest BCUT2D eigenvalue weighted by Gasteiger charge is 2.17. The van der Waals surface area contributed by atoms with E-state index in [9.17, 15) is 9.59 Å². The quantitative estimate of drug-likeness (QED) is 0.695. The molecular weight excluding hydrogens is 321 g/mol. The summed E-state index contributed by atoms with van der Waals surface area (Å²) in [4.78, 5) is 24.2. The van der Waals surface area contributed by atoms with Crippen LogP contribution in [0.25, 0.3) is 5.65 Å². The molecule has 0 fully saturated rings. The first-order chi connectivity index (χ1) is 9.56. The first kappa shape index (κ1) is 13.4. The molecule has 0 aliphatic heterocycles. The summed E-state index contributed by atoms with van der Waals surface area (Å²) in [6.07, 6.45) is 1.60. The normalized spacial score (nSPS) is 11.1. The molecular formula is C12H7Cl2N3O2S. The molecule has 3 aromatic heterocycles. The number of carbonyl (C=O) groups excluding carboxylic acids is 1. The number of hydrogen-bond acceptors (Lipinski definition) is 4. The maximum Gasteiger partial charge on any atom is 0.350 e. The van der Waals surface area contributed by atoms with Gasteiger partial charge in [-0.1, -0.05) is 29.3 Å². The third-order valence-corrected chi connectivity index (χ3v) is 4.23. The maximum atomic E-state index is 12.1. The predicted molar refractivity (Wildman–Crippen MR) is 78.1 cm³/mol. The molecule has 0 radical (unpaired) electrons. The van der Waals surface area contributed by atoms with Crippen LogP contribution < -0.4 is 5.69 Å². The number of fused-ring (bicyclic) bond motifs is 1. The van der Waals surface area contributed by atoms with Crippen molar-refractivity contribution in [3.63, 3.8) is 0 Å². The van der Waals surface area contributed by atoms with E-state index in [1.807, 2.05) is 0 Å². The van der Waals surface area contributed by atoms with E-state index in [-0.39, 0.29) is 18.0 Å². The number of rotatable bonds is 3. The lowest BCUT2D eigenvalue weighted by Gasteiger charge is -1.97. The second kappa shape index (κ2) is 5.05. The Labute approximate surface area is 127 Å². The summed E-state index contributed by atoms with van der Waals surface area (Å²) < 4.78 is 3.23. The Bertz CT molecular complexity index is 865. The molecule has 0 saturated heterocycles. The Morgan fingerprint density at radius 2 is 2.15 bits per heavy atom. The molecule has 3 rings (SSSR count). The molecule has 0 aliphatic carbocycles. The molecule has 0 aromatic carbocycles. The van der Waals surface area contributed by atoms with Crippen molar-refractivity contribution in [1.82, 2.24) is 14.2 Å². The van der Waals surface area contributed by atoms with E-state index in [0.29, 0.717) is 19.9 Å². The Hall–Kier alpha value is -1.63. The van der Waals surface area contributed by atoms with E-state index < -0.39 is 0 Å². The molecule has 20 heavy (non-hydrogen) atoms. The molecule has 3 aromatic rings. The maximum absolute atomic E-state index is 12.1. The van der Waals surface area contributed by atoms with Crippen molar-refractivity contribution in [2.75, 3.05) is 0 Å². The van der Waals surface area contributed by atoms with Gasteiger partial charge >= 0.3 is 5.69 Å². The third-order valence-electron chi connectivity index (χ3n) is 2.74. The highest BCUT2D eigenvalue weighted by Crippen LogP contribution is 2.31. The lowest BCUT2D eigenvalue weighted by molar-refractivity contribution is 0.0967. The summed E-state index contributed by atoms with van der Waals surface area (Å²) in [5.74, 6) is -0.302. The zero-order valence-electron chi connectivity index (χ0n) is 9.92. The monoisotopic (exact) mass is 327 g/mol. The molecule has 0 saturated carbocycles. The Balaban J connectivity index is 1.97. The molecule has 102 valence electrons. The highest BCUT2D eigenvalue weighted by atomic mass is 35.5. The van der Waals surface area contributed by atoms with Crippen LogP contribution in [-0.4, -0.2) is 20.0 Å². The standard InChI is InChI=1S/C12H7Cl2N3O2S/c13-9-5-7(11(14)20-9)8(18)6-17-12(19)16-4-2-1-3-10(16)15-17/h1-5H,6H2. The Kier molecular flexibility index (Phi) is 3.37. The van der Waals surface area contributed by atoms with Gasteiger partial charge in [-0.2, -0.15) is 0 Å². The van der Waals surface area contributed by atoms with E-state index in [1.54, 1.807) is 24.4 Å². The minimum absolute atomic E-state index is 0.173. The van der Waals surface area contributed by atoms with Crippen LogP contribution in [-0.2, 0) is 6.54 Å². The number of aromatic nitrogens is 3.